The van der Waals surface area contributed by atoms with Crippen LogP contribution < -0.4 is 11.1 Å². The topological polar surface area (TPSA) is 75.4 Å². The van der Waals surface area contributed by atoms with E-state index in [0.29, 0.717) is 30.4 Å². The highest BCUT2D eigenvalue weighted by Crippen LogP contribution is 2.25. The maximum atomic E-state index is 12.7. The van der Waals surface area contributed by atoms with Crippen LogP contribution in [0.1, 0.15) is 49.5 Å². The first kappa shape index (κ1) is 21.5. The Kier molecular flexibility index (Phi) is 7.90. The predicted molar refractivity (Wildman–Crippen MR) is 104 cm³/mol. The number of benzene rings is 1. The van der Waals surface area contributed by atoms with Crippen molar-refractivity contribution in [2.24, 2.45) is 17.6 Å². The minimum Gasteiger partial charge on any atom is -0.336 e. The molecule has 2 unspecified atom stereocenters. The number of amides is 2. The normalized spacial score (nSPS) is 19.7. The maximum absolute atomic E-state index is 12.7. The first-order valence-corrected chi connectivity index (χ1v) is 8.73. The molecular weight excluding hydrogens is 338 g/mol. The Balaban J connectivity index is 0.00000312. The molecule has 0 radical (unpaired) electrons. The van der Waals surface area contributed by atoms with Gasteiger partial charge in [-0.15, -0.1) is 12.4 Å². The van der Waals surface area contributed by atoms with Crippen molar-refractivity contribution in [3.63, 3.8) is 0 Å². The zero-order valence-electron chi connectivity index (χ0n) is 15.5. The highest BCUT2D eigenvalue weighted by atomic mass is 35.5. The quantitative estimate of drug-likeness (QED) is 0.839. The van der Waals surface area contributed by atoms with E-state index in [-0.39, 0.29) is 30.3 Å². The lowest BCUT2D eigenvalue weighted by Crippen LogP contribution is -2.34. The van der Waals surface area contributed by atoms with Crippen molar-refractivity contribution >= 4 is 29.9 Å². The minimum absolute atomic E-state index is 0. The van der Waals surface area contributed by atoms with Gasteiger partial charge in [-0.3, -0.25) is 9.59 Å². The summed E-state index contributed by atoms with van der Waals surface area (Å²) >= 11 is 0. The molecule has 0 spiro atoms. The predicted octanol–water partition coefficient (Wildman–Crippen LogP) is 3.21. The Hall–Kier alpha value is -1.59. The average molecular weight is 368 g/mol. The molecule has 1 heterocycles. The third-order valence-corrected chi connectivity index (χ3v) is 4.60. The van der Waals surface area contributed by atoms with Crippen LogP contribution in [0.25, 0.3) is 0 Å². The number of likely N-dealkylation sites (tertiary alicyclic amines) is 1. The molecule has 25 heavy (non-hydrogen) atoms. The highest BCUT2D eigenvalue weighted by Gasteiger charge is 2.32. The second kappa shape index (κ2) is 9.20. The van der Waals surface area contributed by atoms with Gasteiger partial charge in [0.25, 0.3) is 5.91 Å². The van der Waals surface area contributed by atoms with Gasteiger partial charge in [-0.2, -0.15) is 0 Å². The van der Waals surface area contributed by atoms with Gasteiger partial charge in [0.15, 0.2) is 0 Å². The summed E-state index contributed by atoms with van der Waals surface area (Å²) in [6, 6.07) is 5.69. The van der Waals surface area contributed by atoms with E-state index in [2.05, 4.69) is 12.2 Å². The lowest BCUT2D eigenvalue weighted by Gasteiger charge is -2.22. The van der Waals surface area contributed by atoms with Crippen LogP contribution in [-0.2, 0) is 4.79 Å². The van der Waals surface area contributed by atoms with E-state index in [9.17, 15) is 9.59 Å². The Morgan fingerprint density at radius 3 is 2.56 bits per heavy atom. The lowest BCUT2D eigenvalue weighted by atomic mass is 10.1. The van der Waals surface area contributed by atoms with E-state index < -0.39 is 0 Å². The van der Waals surface area contributed by atoms with Gasteiger partial charge in [0.05, 0.1) is 0 Å². The number of nitrogens with one attached hydrogen (secondary N) is 1. The largest absolute Gasteiger partial charge is 0.336 e. The van der Waals surface area contributed by atoms with Gasteiger partial charge in [0.2, 0.25) is 5.91 Å². The molecule has 1 aromatic carbocycles. The number of nitrogens with zero attached hydrogens (tertiary/aromatic N) is 1. The van der Waals surface area contributed by atoms with Gasteiger partial charge < -0.3 is 16.0 Å². The molecular formula is C19H30ClN3O2. The fraction of sp³-hybridized carbons (Fsp3) is 0.579. The molecule has 5 nitrogen and oxygen atoms in total. The van der Waals surface area contributed by atoms with E-state index in [0.717, 1.165) is 24.2 Å². The lowest BCUT2D eigenvalue weighted by molar-refractivity contribution is -0.116. The van der Waals surface area contributed by atoms with Crippen LogP contribution in [0.2, 0.25) is 0 Å². The number of rotatable bonds is 5. The van der Waals surface area contributed by atoms with Gasteiger partial charge in [-0.05, 0) is 62.4 Å². The molecule has 1 aliphatic rings. The van der Waals surface area contributed by atoms with E-state index in [4.69, 9.17) is 5.73 Å². The summed E-state index contributed by atoms with van der Waals surface area (Å²) in [5.41, 5.74) is 8.08. The van der Waals surface area contributed by atoms with Gasteiger partial charge in [-0.1, -0.05) is 13.8 Å². The molecule has 0 bridgehead atoms. The van der Waals surface area contributed by atoms with E-state index in [1.807, 2.05) is 37.8 Å². The monoisotopic (exact) mass is 367 g/mol. The number of hydrogen-bond acceptors (Lipinski definition) is 3. The standard InChI is InChI=1S/C19H29N3O2.ClH/c1-12(2)7-18(23)21-17-6-5-16(8-13(17)3)19(24)22-11-15(10-20)9-14(22)4;/h5-6,8,12,14-15H,7,9-11,20H2,1-4H3,(H,21,23);1H. The van der Waals surface area contributed by atoms with Crippen molar-refractivity contribution in [2.45, 2.75) is 46.6 Å². The zero-order chi connectivity index (χ0) is 17.9. The molecule has 1 aliphatic heterocycles. The first-order chi connectivity index (χ1) is 11.3. The smallest absolute Gasteiger partial charge is 0.254 e. The first-order valence-electron chi connectivity index (χ1n) is 8.73. The number of hydrogen-bond donors (Lipinski definition) is 2. The molecule has 1 saturated heterocycles. The molecule has 2 rings (SSSR count). The van der Waals surface area contributed by atoms with E-state index in [1.54, 1.807) is 6.07 Å². The molecule has 140 valence electrons. The number of halogens is 1. The summed E-state index contributed by atoms with van der Waals surface area (Å²) in [5, 5.41) is 2.92. The molecule has 0 saturated carbocycles. The summed E-state index contributed by atoms with van der Waals surface area (Å²) in [5.74, 6) is 0.755. The number of carbonyl (C=O) groups is 2. The third kappa shape index (κ3) is 5.44. The Morgan fingerprint density at radius 1 is 1.36 bits per heavy atom. The van der Waals surface area contributed by atoms with Crippen molar-refractivity contribution in [1.29, 1.82) is 0 Å². The van der Waals surface area contributed by atoms with Crippen LogP contribution in [0.3, 0.4) is 0 Å². The maximum Gasteiger partial charge on any atom is 0.254 e. The molecule has 0 aliphatic carbocycles. The SMILES string of the molecule is Cc1cc(C(=O)N2CC(CN)CC2C)ccc1NC(=O)CC(C)C.Cl. The summed E-state index contributed by atoms with van der Waals surface area (Å²) in [4.78, 5) is 26.6. The third-order valence-electron chi connectivity index (χ3n) is 4.60. The van der Waals surface area contributed by atoms with Crippen molar-refractivity contribution < 1.29 is 9.59 Å². The second-order valence-corrected chi connectivity index (χ2v) is 7.32. The highest BCUT2D eigenvalue weighted by molar-refractivity contribution is 5.97. The molecule has 1 fully saturated rings. The summed E-state index contributed by atoms with van der Waals surface area (Å²) < 4.78 is 0. The number of carbonyl (C=O) groups excluding carboxylic acids is 2. The van der Waals surface area contributed by atoms with Gasteiger partial charge in [-0.25, -0.2) is 0 Å². The summed E-state index contributed by atoms with van der Waals surface area (Å²) in [7, 11) is 0. The Bertz CT molecular complexity index is 619. The van der Waals surface area contributed by atoms with Gasteiger partial charge >= 0.3 is 0 Å². The van der Waals surface area contributed by atoms with Crippen molar-refractivity contribution in [1.82, 2.24) is 4.90 Å². The molecule has 0 aromatic heterocycles. The van der Waals surface area contributed by atoms with E-state index >= 15 is 0 Å². The second-order valence-electron chi connectivity index (χ2n) is 7.32. The van der Waals surface area contributed by atoms with Crippen LogP contribution in [0.4, 0.5) is 5.69 Å². The van der Waals surface area contributed by atoms with Gasteiger partial charge in [0.1, 0.15) is 0 Å². The van der Waals surface area contributed by atoms with Crippen LogP contribution in [-0.4, -0.2) is 35.8 Å². The number of aryl methyl sites for hydroxylation is 1. The molecule has 2 amide bonds. The molecule has 1 aromatic rings. The molecule has 2 atom stereocenters. The van der Waals surface area contributed by atoms with E-state index in [1.165, 1.54) is 0 Å². The van der Waals surface area contributed by atoms with Crippen LogP contribution >= 0.6 is 12.4 Å². The summed E-state index contributed by atoms with van der Waals surface area (Å²) in [6.07, 6.45) is 1.45. The fourth-order valence-corrected chi connectivity index (χ4v) is 3.27. The number of nitrogens with two attached hydrogens (primary N) is 1. The fourth-order valence-electron chi connectivity index (χ4n) is 3.27. The molecule has 6 heteroatoms. The summed E-state index contributed by atoms with van der Waals surface area (Å²) in [6.45, 7) is 9.36. The van der Waals surface area contributed by atoms with Crippen molar-refractivity contribution in [2.75, 3.05) is 18.4 Å². The van der Waals surface area contributed by atoms with Crippen molar-refractivity contribution in [3.8, 4) is 0 Å². The average Bonchev–Trinajstić information content (AvgIpc) is 2.89. The number of anilines is 1. The minimum atomic E-state index is 0. The van der Waals surface area contributed by atoms with Crippen LogP contribution in [0.15, 0.2) is 18.2 Å². The Labute approximate surface area is 156 Å². The van der Waals surface area contributed by atoms with Crippen LogP contribution in [0, 0.1) is 18.8 Å². The van der Waals surface area contributed by atoms with Crippen molar-refractivity contribution in [3.05, 3.63) is 29.3 Å². The van der Waals surface area contributed by atoms with Crippen LogP contribution in [0.5, 0.6) is 0 Å². The van der Waals surface area contributed by atoms with Gasteiger partial charge in [0, 0.05) is 30.3 Å². The Morgan fingerprint density at radius 2 is 2.04 bits per heavy atom. The molecule has 3 N–H and O–H groups in total. The zero-order valence-corrected chi connectivity index (χ0v) is 16.4.